The number of likely N-dealkylation sites (tertiary alicyclic amines) is 1. The molecule has 2 aromatic carbocycles. The van der Waals surface area contributed by atoms with E-state index in [0.717, 1.165) is 16.0 Å². The zero-order valence-electron chi connectivity index (χ0n) is 17.8. The molecule has 0 saturated carbocycles. The van der Waals surface area contributed by atoms with Crippen LogP contribution < -0.4 is 5.32 Å². The highest BCUT2D eigenvalue weighted by atomic mass is 32.1. The predicted molar refractivity (Wildman–Crippen MR) is 125 cm³/mol. The van der Waals surface area contributed by atoms with Gasteiger partial charge >= 0.3 is 0 Å². The van der Waals surface area contributed by atoms with E-state index in [9.17, 15) is 9.59 Å². The highest BCUT2D eigenvalue weighted by Crippen LogP contribution is 2.30. The van der Waals surface area contributed by atoms with Crippen LogP contribution in [0.15, 0.2) is 83.3 Å². The molecule has 1 unspecified atom stereocenters. The smallest absolute Gasteiger partial charge is 0.243 e. The molecule has 2 amide bonds. The maximum absolute atomic E-state index is 13.9. The highest BCUT2D eigenvalue weighted by molar-refractivity contribution is 7.09. The Hall–Kier alpha value is -3.45. The van der Waals surface area contributed by atoms with Gasteiger partial charge in [0, 0.05) is 11.3 Å². The van der Waals surface area contributed by atoms with E-state index >= 15 is 0 Å². The van der Waals surface area contributed by atoms with Crippen molar-refractivity contribution in [1.29, 1.82) is 0 Å². The fourth-order valence-corrected chi connectivity index (χ4v) is 4.65. The van der Waals surface area contributed by atoms with Gasteiger partial charge in [-0.2, -0.15) is 0 Å². The summed E-state index contributed by atoms with van der Waals surface area (Å²) in [4.78, 5) is 34.6. The fourth-order valence-electron chi connectivity index (χ4n) is 4.01. The van der Waals surface area contributed by atoms with Crippen LogP contribution >= 0.6 is 11.3 Å². The minimum absolute atomic E-state index is 0.125. The van der Waals surface area contributed by atoms with Gasteiger partial charge in [0.1, 0.15) is 13.2 Å². The van der Waals surface area contributed by atoms with Crippen LogP contribution in [0.5, 0.6) is 0 Å². The first-order chi connectivity index (χ1) is 15.7. The van der Waals surface area contributed by atoms with E-state index in [0.29, 0.717) is 18.7 Å². The van der Waals surface area contributed by atoms with E-state index in [1.807, 2.05) is 78.2 Å². The molecule has 1 aliphatic heterocycles. The molecule has 1 atom stereocenters. The van der Waals surface area contributed by atoms with E-state index in [-0.39, 0.29) is 18.4 Å². The van der Waals surface area contributed by atoms with E-state index in [1.54, 1.807) is 16.2 Å². The van der Waals surface area contributed by atoms with Gasteiger partial charge in [0.05, 0.1) is 24.7 Å². The summed E-state index contributed by atoms with van der Waals surface area (Å²) in [5.41, 5.74) is 2.45. The minimum atomic E-state index is -0.633. The summed E-state index contributed by atoms with van der Waals surface area (Å²) in [7, 11) is 1.47. The Labute approximate surface area is 191 Å². The van der Waals surface area contributed by atoms with Crippen molar-refractivity contribution >= 4 is 28.9 Å². The molecule has 164 valence electrons. The minimum Gasteiger partial charge on any atom is -0.399 e. The normalized spacial score (nSPS) is 17.0. The van der Waals surface area contributed by atoms with Gasteiger partial charge in [-0.25, -0.2) is 0 Å². The number of rotatable bonds is 7. The Kier molecular flexibility index (Phi) is 6.97. The van der Waals surface area contributed by atoms with Crippen molar-refractivity contribution in [2.24, 2.45) is 5.16 Å². The second-order valence-electron chi connectivity index (χ2n) is 7.58. The Morgan fingerprint density at radius 3 is 2.28 bits per heavy atom. The van der Waals surface area contributed by atoms with Crippen LogP contribution in [0, 0.1) is 0 Å². The second kappa shape index (κ2) is 10.2. The summed E-state index contributed by atoms with van der Waals surface area (Å²) < 4.78 is 0. The number of oxime groups is 1. The molecule has 2 heterocycles. The van der Waals surface area contributed by atoms with E-state index in [2.05, 4.69) is 10.5 Å². The van der Waals surface area contributed by atoms with Gasteiger partial charge in [-0.1, -0.05) is 71.9 Å². The SMILES string of the molecule is CO/N=C1/CC(C(=O)NCc2cccs2)N(C(=O)C(c2ccccc2)c2ccccc2)C1. The average Bonchev–Trinajstić information content (AvgIpc) is 3.50. The molecule has 0 spiro atoms. The number of amides is 2. The van der Waals surface area contributed by atoms with E-state index in [4.69, 9.17) is 4.84 Å². The van der Waals surface area contributed by atoms with Gasteiger partial charge in [0.2, 0.25) is 11.8 Å². The van der Waals surface area contributed by atoms with Crippen LogP contribution in [0.2, 0.25) is 0 Å². The third-order valence-electron chi connectivity index (χ3n) is 5.49. The first-order valence-electron chi connectivity index (χ1n) is 10.5. The maximum atomic E-state index is 13.9. The third-order valence-corrected chi connectivity index (χ3v) is 6.37. The van der Waals surface area contributed by atoms with Gasteiger partial charge in [-0.05, 0) is 22.6 Å². The van der Waals surface area contributed by atoms with Crippen LogP contribution in [0.3, 0.4) is 0 Å². The number of hydrogen-bond donors (Lipinski definition) is 1. The van der Waals surface area contributed by atoms with Crippen LogP contribution in [0.1, 0.15) is 28.3 Å². The van der Waals surface area contributed by atoms with Gasteiger partial charge in [-0.3, -0.25) is 9.59 Å². The number of benzene rings is 2. The molecule has 0 radical (unpaired) electrons. The Morgan fingerprint density at radius 1 is 1.06 bits per heavy atom. The molecule has 1 fully saturated rings. The number of nitrogens with one attached hydrogen (secondary N) is 1. The molecule has 1 saturated heterocycles. The summed E-state index contributed by atoms with van der Waals surface area (Å²) in [5.74, 6) is -0.820. The number of nitrogens with zero attached hydrogens (tertiary/aromatic N) is 2. The lowest BCUT2D eigenvalue weighted by atomic mass is 9.90. The molecular formula is C25H25N3O3S. The van der Waals surface area contributed by atoms with Crippen molar-refractivity contribution in [3.05, 3.63) is 94.2 Å². The van der Waals surface area contributed by atoms with Crippen molar-refractivity contribution in [1.82, 2.24) is 10.2 Å². The van der Waals surface area contributed by atoms with Crippen LogP contribution in [0.4, 0.5) is 0 Å². The van der Waals surface area contributed by atoms with Crippen molar-refractivity contribution in [2.75, 3.05) is 13.7 Å². The van der Waals surface area contributed by atoms with Gasteiger partial charge in [-0.15, -0.1) is 11.3 Å². The molecule has 4 rings (SSSR count). The Morgan fingerprint density at radius 2 is 1.72 bits per heavy atom. The number of carbonyl (C=O) groups excluding carboxylic acids is 2. The van der Waals surface area contributed by atoms with E-state index < -0.39 is 12.0 Å². The van der Waals surface area contributed by atoms with Crippen LogP contribution in [-0.4, -0.2) is 42.1 Å². The summed E-state index contributed by atoms with van der Waals surface area (Å²) in [6.07, 6.45) is 0.353. The topological polar surface area (TPSA) is 71.0 Å². The lowest BCUT2D eigenvalue weighted by Crippen LogP contribution is -2.47. The summed E-state index contributed by atoms with van der Waals surface area (Å²) >= 11 is 1.58. The zero-order chi connectivity index (χ0) is 22.3. The molecule has 3 aromatic rings. The fraction of sp³-hybridized carbons (Fsp3) is 0.240. The van der Waals surface area contributed by atoms with Crippen molar-refractivity contribution in [3.63, 3.8) is 0 Å². The molecule has 7 heteroatoms. The molecule has 1 aliphatic rings. The Balaban J connectivity index is 1.62. The van der Waals surface area contributed by atoms with Crippen molar-refractivity contribution < 1.29 is 14.4 Å². The molecular weight excluding hydrogens is 422 g/mol. The quantitative estimate of drug-likeness (QED) is 0.560. The van der Waals surface area contributed by atoms with Crippen LogP contribution in [0.25, 0.3) is 0 Å². The van der Waals surface area contributed by atoms with Crippen molar-refractivity contribution in [3.8, 4) is 0 Å². The number of hydrogen-bond acceptors (Lipinski definition) is 5. The predicted octanol–water partition coefficient (Wildman–Crippen LogP) is 3.80. The first kappa shape index (κ1) is 21.8. The largest absolute Gasteiger partial charge is 0.399 e. The molecule has 0 aliphatic carbocycles. The molecule has 32 heavy (non-hydrogen) atoms. The summed E-state index contributed by atoms with van der Waals surface area (Å²) in [5, 5.41) is 9.00. The van der Waals surface area contributed by atoms with E-state index in [1.165, 1.54) is 7.11 Å². The first-order valence-corrected chi connectivity index (χ1v) is 11.3. The van der Waals surface area contributed by atoms with Crippen molar-refractivity contribution in [2.45, 2.75) is 24.9 Å². The number of carbonyl (C=O) groups is 2. The average molecular weight is 448 g/mol. The lowest BCUT2D eigenvalue weighted by Gasteiger charge is -2.28. The van der Waals surface area contributed by atoms with Gasteiger partial charge in [0.15, 0.2) is 0 Å². The maximum Gasteiger partial charge on any atom is 0.243 e. The molecule has 1 N–H and O–H groups in total. The number of thiophene rings is 1. The van der Waals surface area contributed by atoms with Gasteiger partial charge < -0.3 is 15.1 Å². The summed E-state index contributed by atoms with van der Waals surface area (Å²) in [6, 6.07) is 22.6. The Bertz CT molecular complexity index is 1030. The second-order valence-corrected chi connectivity index (χ2v) is 8.61. The molecule has 6 nitrogen and oxygen atoms in total. The summed E-state index contributed by atoms with van der Waals surface area (Å²) in [6.45, 7) is 0.701. The molecule has 0 bridgehead atoms. The monoisotopic (exact) mass is 447 g/mol. The highest BCUT2D eigenvalue weighted by Gasteiger charge is 2.41. The standard InChI is InChI=1S/C25H25N3O3S/c1-31-27-20-15-22(24(29)26-16-21-13-8-14-32-21)28(17-20)25(30)23(18-9-4-2-5-10-18)19-11-6-3-7-12-19/h2-14,22-23H,15-17H2,1H3,(H,26,29)/b27-20-. The van der Waals surface area contributed by atoms with Gasteiger partial charge in [0.25, 0.3) is 0 Å². The van der Waals surface area contributed by atoms with Crippen LogP contribution in [-0.2, 0) is 21.0 Å². The lowest BCUT2D eigenvalue weighted by molar-refractivity contribution is -0.138. The molecule has 1 aromatic heterocycles. The zero-order valence-corrected chi connectivity index (χ0v) is 18.6. The third kappa shape index (κ3) is 4.89.